The van der Waals surface area contributed by atoms with Gasteiger partial charge in [-0.2, -0.15) is 0 Å². The number of benzene rings is 1. The van der Waals surface area contributed by atoms with E-state index in [0.29, 0.717) is 17.3 Å². The Morgan fingerprint density at radius 1 is 1.28 bits per heavy atom. The van der Waals surface area contributed by atoms with Crippen LogP contribution in [0.2, 0.25) is 0 Å². The second-order valence-electron chi connectivity index (χ2n) is 5.55. The van der Waals surface area contributed by atoms with E-state index < -0.39 is 0 Å². The first kappa shape index (κ1) is 16.6. The summed E-state index contributed by atoms with van der Waals surface area (Å²) in [6, 6.07) is 7.42. The Morgan fingerprint density at radius 2 is 1.67 bits per heavy atom. The van der Waals surface area contributed by atoms with Crippen molar-refractivity contribution in [3.63, 3.8) is 0 Å². The molecule has 1 N–H and O–H groups in total. The standard InChI is InChI=1S/C11H16O.C3H6O.CH2O/c1-11(2,3)8-9-4-6-10(12)7-5-9;1-3-2-4-3;1-2/h4-7,12H,8H2,1-3H3;3H,2H2,1H3;1H2. The van der Waals surface area contributed by atoms with Crippen LogP contribution >= 0.6 is 0 Å². The van der Waals surface area contributed by atoms with E-state index in [1.165, 1.54) is 5.56 Å². The van der Waals surface area contributed by atoms with E-state index in [2.05, 4.69) is 27.7 Å². The zero-order valence-electron chi connectivity index (χ0n) is 11.8. The minimum absolute atomic E-state index is 0.316. The molecule has 3 heteroatoms. The number of hydrogen-bond donors (Lipinski definition) is 1. The molecule has 0 saturated carbocycles. The van der Waals surface area contributed by atoms with Gasteiger partial charge in [0.2, 0.25) is 0 Å². The molecule has 0 amide bonds. The molecule has 1 atom stereocenters. The van der Waals surface area contributed by atoms with Crippen molar-refractivity contribution in [2.24, 2.45) is 5.41 Å². The van der Waals surface area contributed by atoms with Crippen molar-refractivity contribution in [1.82, 2.24) is 0 Å². The van der Waals surface area contributed by atoms with Gasteiger partial charge in [0.15, 0.2) is 0 Å². The van der Waals surface area contributed by atoms with Gasteiger partial charge >= 0.3 is 0 Å². The fraction of sp³-hybridized carbons (Fsp3) is 0.533. The molecule has 0 spiro atoms. The summed E-state index contributed by atoms with van der Waals surface area (Å²) in [5.41, 5.74) is 1.59. The lowest BCUT2D eigenvalue weighted by molar-refractivity contribution is -0.0979. The van der Waals surface area contributed by atoms with E-state index in [-0.39, 0.29) is 0 Å². The second-order valence-corrected chi connectivity index (χ2v) is 5.55. The summed E-state index contributed by atoms with van der Waals surface area (Å²) in [6.07, 6.45) is 1.63. The number of phenolic OH excluding ortho intramolecular Hbond substituents is 1. The number of carbonyl (C=O) groups excluding carboxylic acids is 1. The first-order chi connectivity index (χ1) is 8.37. The Morgan fingerprint density at radius 3 is 1.94 bits per heavy atom. The minimum Gasteiger partial charge on any atom is -0.508 e. The average Bonchev–Trinajstić information content (AvgIpc) is 3.06. The molecule has 1 aliphatic heterocycles. The highest BCUT2D eigenvalue weighted by Gasteiger charge is 2.13. The Kier molecular flexibility index (Phi) is 7.29. The van der Waals surface area contributed by atoms with Crippen molar-refractivity contribution in [2.75, 3.05) is 6.61 Å². The maximum absolute atomic E-state index is 9.05. The average molecular weight is 252 g/mol. The van der Waals surface area contributed by atoms with Crippen LogP contribution in [0.5, 0.6) is 5.75 Å². The molecule has 0 aromatic heterocycles. The van der Waals surface area contributed by atoms with Crippen molar-refractivity contribution < 1.29 is 14.6 Å². The first-order valence-electron chi connectivity index (χ1n) is 6.05. The van der Waals surface area contributed by atoms with Gasteiger partial charge in [0.05, 0.1) is 12.7 Å². The third-order valence-corrected chi connectivity index (χ3v) is 2.17. The lowest BCUT2D eigenvalue weighted by Gasteiger charge is -2.17. The van der Waals surface area contributed by atoms with Gasteiger partial charge in [0.1, 0.15) is 12.5 Å². The number of aromatic hydroxyl groups is 1. The van der Waals surface area contributed by atoms with Crippen LogP contribution in [0.4, 0.5) is 0 Å². The quantitative estimate of drug-likeness (QED) is 0.781. The molecule has 18 heavy (non-hydrogen) atoms. The summed E-state index contributed by atoms with van der Waals surface area (Å²) >= 11 is 0. The molecule has 1 heterocycles. The summed E-state index contributed by atoms with van der Waals surface area (Å²) in [5, 5.41) is 9.05. The predicted molar refractivity (Wildman–Crippen MR) is 73.8 cm³/mol. The normalized spacial score (nSPS) is 16.8. The lowest BCUT2D eigenvalue weighted by Crippen LogP contribution is -2.08. The van der Waals surface area contributed by atoms with Crippen LogP contribution in [-0.4, -0.2) is 24.6 Å². The molecule has 1 aromatic carbocycles. The van der Waals surface area contributed by atoms with E-state index >= 15 is 0 Å². The molecule has 2 rings (SSSR count). The van der Waals surface area contributed by atoms with Crippen molar-refractivity contribution in [3.05, 3.63) is 29.8 Å². The van der Waals surface area contributed by atoms with Crippen LogP contribution in [-0.2, 0) is 16.0 Å². The smallest absolute Gasteiger partial charge is 0.115 e. The van der Waals surface area contributed by atoms with Gasteiger partial charge in [0, 0.05) is 0 Å². The number of hydrogen-bond acceptors (Lipinski definition) is 3. The third-order valence-electron chi connectivity index (χ3n) is 2.17. The predicted octanol–water partition coefficient (Wildman–Crippen LogP) is 3.20. The highest BCUT2D eigenvalue weighted by Crippen LogP contribution is 2.21. The molecular weight excluding hydrogens is 228 g/mol. The number of rotatable bonds is 1. The Labute approximate surface area is 110 Å². The highest BCUT2D eigenvalue weighted by atomic mass is 16.6. The largest absolute Gasteiger partial charge is 0.508 e. The van der Waals surface area contributed by atoms with Gasteiger partial charge < -0.3 is 14.6 Å². The lowest BCUT2D eigenvalue weighted by atomic mass is 9.88. The van der Waals surface area contributed by atoms with E-state index in [9.17, 15) is 0 Å². The SMILES string of the molecule is C=O.CC(C)(C)Cc1ccc(O)cc1.CC1CO1. The molecule has 1 aromatic rings. The Balaban J connectivity index is 0.000000399. The van der Waals surface area contributed by atoms with Crippen LogP contribution in [0.25, 0.3) is 0 Å². The summed E-state index contributed by atoms with van der Waals surface area (Å²) in [4.78, 5) is 8.00. The molecule has 3 nitrogen and oxygen atoms in total. The zero-order chi connectivity index (χ0) is 14.2. The summed E-state index contributed by atoms with van der Waals surface area (Å²) in [5.74, 6) is 0.340. The molecule has 102 valence electrons. The van der Waals surface area contributed by atoms with Gasteiger partial charge in [0.25, 0.3) is 0 Å². The topological polar surface area (TPSA) is 49.8 Å². The van der Waals surface area contributed by atoms with E-state index in [4.69, 9.17) is 14.6 Å². The Bertz CT molecular complexity index is 321. The monoisotopic (exact) mass is 252 g/mol. The summed E-state index contributed by atoms with van der Waals surface area (Å²) in [7, 11) is 0. The second kappa shape index (κ2) is 7.88. The van der Waals surface area contributed by atoms with Crippen molar-refractivity contribution >= 4 is 6.79 Å². The van der Waals surface area contributed by atoms with E-state index in [0.717, 1.165) is 13.0 Å². The van der Waals surface area contributed by atoms with Crippen molar-refractivity contribution in [1.29, 1.82) is 0 Å². The zero-order valence-corrected chi connectivity index (χ0v) is 11.8. The van der Waals surface area contributed by atoms with Gasteiger partial charge in [-0.05, 0) is 36.5 Å². The van der Waals surface area contributed by atoms with Gasteiger partial charge in [-0.1, -0.05) is 32.9 Å². The summed E-state index contributed by atoms with van der Waals surface area (Å²) < 4.78 is 4.71. The molecule has 1 fully saturated rings. The van der Waals surface area contributed by atoms with Gasteiger partial charge in [-0.15, -0.1) is 0 Å². The first-order valence-corrected chi connectivity index (χ1v) is 6.05. The maximum Gasteiger partial charge on any atom is 0.115 e. The molecule has 0 bridgehead atoms. The molecule has 1 unspecified atom stereocenters. The number of carbonyl (C=O) groups is 1. The van der Waals surface area contributed by atoms with E-state index in [1.54, 1.807) is 12.1 Å². The van der Waals surface area contributed by atoms with Crippen molar-refractivity contribution in [2.45, 2.75) is 40.2 Å². The number of epoxide rings is 1. The van der Waals surface area contributed by atoms with Crippen LogP contribution in [0.1, 0.15) is 33.3 Å². The fourth-order valence-corrected chi connectivity index (χ4v) is 1.32. The van der Waals surface area contributed by atoms with Crippen molar-refractivity contribution in [3.8, 4) is 5.75 Å². The van der Waals surface area contributed by atoms with Crippen LogP contribution in [0.3, 0.4) is 0 Å². The minimum atomic E-state index is 0.316. The molecule has 1 aliphatic rings. The van der Waals surface area contributed by atoms with Crippen LogP contribution in [0, 0.1) is 5.41 Å². The Hall–Kier alpha value is -1.35. The number of ether oxygens (including phenoxy) is 1. The molecule has 0 aliphatic carbocycles. The third kappa shape index (κ3) is 9.85. The van der Waals surface area contributed by atoms with Crippen LogP contribution in [0.15, 0.2) is 24.3 Å². The molecule has 0 radical (unpaired) electrons. The van der Waals surface area contributed by atoms with Gasteiger partial charge in [-0.3, -0.25) is 0 Å². The van der Waals surface area contributed by atoms with E-state index in [1.807, 2.05) is 18.9 Å². The highest BCUT2D eigenvalue weighted by molar-refractivity contribution is 5.26. The number of phenols is 1. The fourth-order valence-electron chi connectivity index (χ4n) is 1.32. The maximum atomic E-state index is 9.05. The van der Waals surface area contributed by atoms with Crippen LogP contribution < -0.4 is 0 Å². The van der Waals surface area contributed by atoms with Gasteiger partial charge in [-0.25, -0.2) is 0 Å². The summed E-state index contributed by atoms with van der Waals surface area (Å²) in [6.45, 7) is 11.7. The molecular formula is C15H24O3. The molecule has 1 saturated heterocycles.